The Bertz CT molecular complexity index is 394. The second-order valence-corrected chi connectivity index (χ2v) is 2.66. The minimum Gasteiger partial charge on any atom is -0.481 e. The van der Waals surface area contributed by atoms with Gasteiger partial charge < -0.3 is 5.11 Å². The van der Waals surface area contributed by atoms with Gasteiger partial charge in [-0.2, -0.15) is 0 Å². The van der Waals surface area contributed by atoms with Crippen molar-refractivity contribution in [1.82, 2.24) is 4.98 Å². The number of nitrogens with zero attached hydrogens (tertiary/aromatic N) is 1. The summed E-state index contributed by atoms with van der Waals surface area (Å²) in [5.41, 5.74) is -2.15. The van der Waals surface area contributed by atoms with Crippen molar-refractivity contribution in [2.75, 3.05) is 0 Å². The van der Waals surface area contributed by atoms with Gasteiger partial charge in [0.15, 0.2) is 5.82 Å². The van der Waals surface area contributed by atoms with E-state index in [0.717, 1.165) is 0 Å². The molecule has 82 valence electrons. The van der Waals surface area contributed by atoms with Crippen LogP contribution in [0, 0.1) is 11.6 Å². The third-order valence-electron chi connectivity index (χ3n) is 1.63. The first-order chi connectivity index (χ1) is 6.93. The van der Waals surface area contributed by atoms with Crippen LogP contribution < -0.4 is 0 Å². The number of hydrogen-bond donors (Lipinski definition) is 1. The van der Waals surface area contributed by atoms with Gasteiger partial charge in [0, 0.05) is 5.56 Å². The molecule has 0 aromatic carbocycles. The highest BCUT2D eigenvalue weighted by Gasteiger charge is 2.22. The van der Waals surface area contributed by atoms with Crippen molar-refractivity contribution in [2.24, 2.45) is 0 Å². The summed E-state index contributed by atoms with van der Waals surface area (Å²) in [5, 5.41) is 8.30. The monoisotopic (exact) mass is 223 g/mol. The Kier molecular flexibility index (Phi) is 3.23. The number of aromatic nitrogens is 1. The topological polar surface area (TPSA) is 50.2 Å². The van der Waals surface area contributed by atoms with Crippen molar-refractivity contribution >= 4 is 5.97 Å². The summed E-state index contributed by atoms with van der Waals surface area (Å²) < 4.78 is 50.2. The first-order valence-electron chi connectivity index (χ1n) is 3.76. The van der Waals surface area contributed by atoms with E-state index < -0.39 is 41.7 Å². The van der Waals surface area contributed by atoms with Gasteiger partial charge in [0.1, 0.15) is 11.5 Å². The van der Waals surface area contributed by atoms with Gasteiger partial charge in [0.05, 0.1) is 12.6 Å². The summed E-state index contributed by atoms with van der Waals surface area (Å²) in [6.07, 6.45) is -3.83. The van der Waals surface area contributed by atoms with Gasteiger partial charge in [-0.05, 0) is 0 Å². The van der Waals surface area contributed by atoms with E-state index in [-0.39, 0.29) is 0 Å². The van der Waals surface area contributed by atoms with Crippen molar-refractivity contribution in [3.63, 3.8) is 0 Å². The number of carbonyl (C=O) groups is 1. The maximum Gasteiger partial charge on any atom is 0.308 e. The summed E-state index contributed by atoms with van der Waals surface area (Å²) in [5.74, 6) is -4.37. The van der Waals surface area contributed by atoms with Gasteiger partial charge >= 0.3 is 5.97 Å². The van der Waals surface area contributed by atoms with Crippen LogP contribution in [0.3, 0.4) is 0 Å². The summed E-state index contributed by atoms with van der Waals surface area (Å²) in [4.78, 5) is 13.1. The fraction of sp³-hybridized carbons (Fsp3) is 0.250. The van der Waals surface area contributed by atoms with E-state index in [0.29, 0.717) is 6.20 Å². The normalized spacial score (nSPS) is 10.7. The minimum absolute atomic E-state index is 0.378. The maximum absolute atomic E-state index is 13.1. The van der Waals surface area contributed by atoms with Gasteiger partial charge in [-0.3, -0.25) is 4.79 Å². The number of aliphatic carboxylic acids is 1. The molecule has 1 N–H and O–H groups in total. The SMILES string of the molecule is O=C(O)Cc1c(F)cnc(C(F)F)c1F. The molecular formula is C8H5F4NO2. The molecule has 1 rings (SSSR count). The molecule has 0 spiro atoms. The molecule has 1 aromatic heterocycles. The number of rotatable bonds is 3. The number of pyridine rings is 1. The van der Waals surface area contributed by atoms with Crippen LogP contribution in [0.4, 0.5) is 17.6 Å². The van der Waals surface area contributed by atoms with Crippen LogP contribution in [-0.4, -0.2) is 16.1 Å². The van der Waals surface area contributed by atoms with Crippen LogP contribution in [0.5, 0.6) is 0 Å². The van der Waals surface area contributed by atoms with Crippen LogP contribution in [0.1, 0.15) is 17.7 Å². The van der Waals surface area contributed by atoms with Gasteiger partial charge in [0.25, 0.3) is 6.43 Å². The molecule has 1 aromatic rings. The quantitative estimate of drug-likeness (QED) is 0.796. The predicted octanol–water partition coefficient (Wildman–Crippen LogP) is 1.92. The molecule has 0 saturated carbocycles. The highest BCUT2D eigenvalue weighted by atomic mass is 19.3. The highest BCUT2D eigenvalue weighted by molar-refractivity contribution is 5.70. The number of hydrogen-bond acceptors (Lipinski definition) is 2. The Balaban J connectivity index is 3.23. The van der Waals surface area contributed by atoms with Crippen molar-refractivity contribution in [3.8, 4) is 0 Å². The molecule has 0 amide bonds. The average Bonchev–Trinajstić information content (AvgIpc) is 2.11. The molecule has 0 unspecified atom stereocenters. The molecule has 0 aliphatic rings. The Hall–Kier alpha value is -1.66. The fourth-order valence-corrected chi connectivity index (χ4v) is 0.986. The van der Waals surface area contributed by atoms with E-state index in [9.17, 15) is 22.4 Å². The molecule has 0 aliphatic heterocycles. The van der Waals surface area contributed by atoms with Gasteiger partial charge in [0.2, 0.25) is 0 Å². The first-order valence-corrected chi connectivity index (χ1v) is 3.76. The number of carboxylic acids is 1. The molecule has 0 atom stereocenters. The molecule has 0 fully saturated rings. The summed E-state index contributed by atoms with van der Waals surface area (Å²) >= 11 is 0. The zero-order chi connectivity index (χ0) is 11.6. The molecule has 15 heavy (non-hydrogen) atoms. The third-order valence-corrected chi connectivity index (χ3v) is 1.63. The van der Waals surface area contributed by atoms with E-state index in [2.05, 4.69) is 4.98 Å². The second kappa shape index (κ2) is 4.24. The lowest BCUT2D eigenvalue weighted by atomic mass is 10.1. The lowest BCUT2D eigenvalue weighted by molar-refractivity contribution is -0.136. The third kappa shape index (κ3) is 2.42. The van der Waals surface area contributed by atoms with E-state index in [1.54, 1.807) is 0 Å². The standard InChI is InChI=1S/C8H5F4NO2/c9-4-2-13-7(8(11)12)6(10)3(4)1-5(14)15/h2,8H,1H2,(H,14,15). The summed E-state index contributed by atoms with van der Waals surface area (Å²) in [7, 11) is 0. The Morgan fingerprint density at radius 1 is 1.47 bits per heavy atom. The van der Waals surface area contributed by atoms with Crippen molar-refractivity contribution < 1.29 is 27.5 Å². The molecule has 0 bridgehead atoms. The lowest BCUT2D eigenvalue weighted by Crippen LogP contribution is -2.09. The molecule has 0 radical (unpaired) electrons. The van der Waals surface area contributed by atoms with E-state index in [4.69, 9.17) is 5.11 Å². The summed E-state index contributed by atoms with van der Waals surface area (Å²) in [6, 6.07) is 0. The fourth-order valence-electron chi connectivity index (χ4n) is 0.986. The van der Waals surface area contributed by atoms with E-state index >= 15 is 0 Å². The van der Waals surface area contributed by atoms with Gasteiger partial charge in [-0.25, -0.2) is 22.5 Å². The molecule has 0 aliphatic carbocycles. The first kappa shape index (κ1) is 11.4. The van der Waals surface area contributed by atoms with Crippen LogP contribution >= 0.6 is 0 Å². The molecule has 1 heterocycles. The lowest BCUT2D eigenvalue weighted by Gasteiger charge is -2.05. The van der Waals surface area contributed by atoms with Gasteiger partial charge in [-0.15, -0.1) is 0 Å². The maximum atomic E-state index is 13.1. The summed E-state index contributed by atoms with van der Waals surface area (Å²) in [6.45, 7) is 0. The molecule has 0 saturated heterocycles. The minimum atomic E-state index is -3.21. The predicted molar refractivity (Wildman–Crippen MR) is 40.4 cm³/mol. The zero-order valence-electron chi connectivity index (χ0n) is 7.18. The smallest absolute Gasteiger partial charge is 0.308 e. The Morgan fingerprint density at radius 2 is 2.07 bits per heavy atom. The van der Waals surface area contributed by atoms with Crippen LogP contribution in [-0.2, 0) is 11.2 Å². The highest BCUT2D eigenvalue weighted by Crippen LogP contribution is 2.23. The number of halogens is 4. The molecular weight excluding hydrogens is 218 g/mol. The number of carboxylic acid groups (broad SMARTS) is 1. The zero-order valence-corrected chi connectivity index (χ0v) is 7.18. The van der Waals surface area contributed by atoms with Crippen molar-refractivity contribution in [1.29, 1.82) is 0 Å². The van der Waals surface area contributed by atoms with Crippen LogP contribution in [0.25, 0.3) is 0 Å². The van der Waals surface area contributed by atoms with Gasteiger partial charge in [-0.1, -0.05) is 0 Å². The Morgan fingerprint density at radius 3 is 2.53 bits per heavy atom. The largest absolute Gasteiger partial charge is 0.481 e. The average molecular weight is 223 g/mol. The van der Waals surface area contributed by atoms with Crippen LogP contribution in [0.15, 0.2) is 6.20 Å². The molecule has 3 nitrogen and oxygen atoms in total. The Labute approximate surface area is 81.4 Å². The van der Waals surface area contributed by atoms with Crippen molar-refractivity contribution in [3.05, 3.63) is 29.1 Å². The number of alkyl halides is 2. The second-order valence-electron chi connectivity index (χ2n) is 2.66. The van der Waals surface area contributed by atoms with E-state index in [1.165, 1.54) is 0 Å². The molecule has 7 heteroatoms. The van der Waals surface area contributed by atoms with Crippen molar-refractivity contribution in [2.45, 2.75) is 12.8 Å². The van der Waals surface area contributed by atoms with E-state index in [1.807, 2.05) is 0 Å². The van der Waals surface area contributed by atoms with Crippen LogP contribution in [0.2, 0.25) is 0 Å².